The molecule has 2 heterocycles. The molecule has 0 fully saturated rings. The van der Waals surface area contributed by atoms with Crippen molar-refractivity contribution in [3.8, 4) is 0 Å². The number of carbonyl (C=O) groups is 1. The maximum Gasteiger partial charge on any atom is 0.315 e. The summed E-state index contributed by atoms with van der Waals surface area (Å²) in [6, 6.07) is 9.31. The Bertz CT molecular complexity index is 741. The molecule has 0 aliphatic carbocycles. The zero-order valence-corrected chi connectivity index (χ0v) is 16.1. The minimum atomic E-state index is -0.202. The third kappa shape index (κ3) is 5.22. The third-order valence-electron chi connectivity index (χ3n) is 4.35. The van der Waals surface area contributed by atoms with Crippen LogP contribution in [0.5, 0.6) is 0 Å². The summed E-state index contributed by atoms with van der Waals surface area (Å²) in [6.45, 7) is 9.34. The van der Waals surface area contributed by atoms with Crippen LogP contribution in [0.15, 0.2) is 30.3 Å². The molecule has 0 saturated carbocycles. The van der Waals surface area contributed by atoms with Crippen LogP contribution in [0.4, 0.5) is 4.79 Å². The lowest BCUT2D eigenvalue weighted by molar-refractivity contribution is 0.192. The van der Waals surface area contributed by atoms with Crippen LogP contribution in [0.3, 0.4) is 0 Å². The standard InChI is InChI=1S/C19H26ClN5O/c1-14(2)12-24-7-8-25-18(13-24)9-17(23-25)11-22-19(26)21-10-15-3-5-16(20)6-4-15/h3-6,9,14H,7-8,10-13H2,1-2H3,(H2,21,22,26). The van der Waals surface area contributed by atoms with Gasteiger partial charge in [-0.2, -0.15) is 5.10 Å². The predicted octanol–water partition coefficient (Wildman–Crippen LogP) is 3.01. The summed E-state index contributed by atoms with van der Waals surface area (Å²) in [5.74, 6) is 0.662. The number of rotatable bonds is 6. The zero-order chi connectivity index (χ0) is 18.5. The van der Waals surface area contributed by atoms with E-state index < -0.39 is 0 Å². The molecule has 7 heteroatoms. The van der Waals surface area contributed by atoms with Gasteiger partial charge in [-0.15, -0.1) is 0 Å². The molecule has 0 bridgehead atoms. The number of amides is 2. The van der Waals surface area contributed by atoms with Gasteiger partial charge in [-0.05, 0) is 29.7 Å². The Morgan fingerprint density at radius 3 is 2.65 bits per heavy atom. The Labute approximate surface area is 159 Å². The number of urea groups is 1. The van der Waals surface area contributed by atoms with E-state index in [4.69, 9.17) is 11.6 Å². The zero-order valence-electron chi connectivity index (χ0n) is 15.3. The van der Waals surface area contributed by atoms with E-state index in [1.165, 1.54) is 5.69 Å². The summed E-state index contributed by atoms with van der Waals surface area (Å²) in [5, 5.41) is 11.0. The number of nitrogens with zero attached hydrogens (tertiary/aromatic N) is 3. The smallest absolute Gasteiger partial charge is 0.315 e. The Hall–Kier alpha value is -2.05. The van der Waals surface area contributed by atoms with Crippen molar-refractivity contribution in [1.82, 2.24) is 25.3 Å². The lowest BCUT2D eigenvalue weighted by atomic mass is 10.2. The molecule has 0 unspecified atom stereocenters. The quantitative estimate of drug-likeness (QED) is 0.815. The van der Waals surface area contributed by atoms with Gasteiger partial charge in [0.15, 0.2) is 0 Å². The first-order valence-corrected chi connectivity index (χ1v) is 9.41. The molecular formula is C19H26ClN5O. The van der Waals surface area contributed by atoms with Gasteiger partial charge in [0.05, 0.1) is 24.5 Å². The lowest BCUT2D eigenvalue weighted by Gasteiger charge is -2.28. The Morgan fingerprint density at radius 1 is 1.19 bits per heavy atom. The van der Waals surface area contributed by atoms with E-state index in [0.717, 1.165) is 37.4 Å². The van der Waals surface area contributed by atoms with Gasteiger partial charge in [0.2, 0.25) is 0 Å². The highest BCUT2D eigenvalue weighted by molar-refractivity contribution is 6.30. The topological polar surface area (TPSA) is 62.2 Å². The first kappa shape index (κ1) is 18.7. The highest BCUT2D eigenvalue weighted by atomic mass is 35.5. The van der Waals surface area contributed by atoms with Crippen LogP contribution in [0, 0.1) is 5.92 Å². The van der Waals surface area contributed by atoms with E-state index in [2.05, 4.69) is 45.2 Å². The van der Waals surface area contributed by atoms with Crippen molar-refractivity contribution >= 4 is 17.6 Å². The van der Waals surface area contributed by atoms with Crippen LogP contribution in [0.2, 0.25) is 5.02 Å². The molecule has 1 aliphatic heterocycles. The minimum absolute atomic E-state index is 0.202. The fraction of sp³-hybridized carbons (Fsp3) is 0.474. The van der Waals surface area contributed by atoms with Crippen molar-refractivity contribution in [1.29, 1.82) is 0 Å². The van der Waals surface area contributed by atoms with Crippen LogP contribution in [0.1, 0.15) is 30.8 Å². The summed E-state index contributed by atoms with van der Waals surface area (Å²) < 4.78 is 2.06. The summed E-state index contributed by atoms with van der Waals surface area (Å²) in [6.07, 6.45) is 0. The summed E-state index contributed by atoms with van der Waals surface area (Å²) >= 11 is 5.86. The molecule has 2 aromatic rings. The summed E-state index contributed by atoms with van der Waals surface area (Å²) in [7, 11) is 0. The predicted molar refractivity (Wildman–Crippen MR) is 103 cm³/mol. The van der Waals surface area contributed by atoms with Gasteiger partial charge in [-0.25, -0.2) is 4.79 Å². The van der Waals surface area contributed by atoms with Crippen molar-refractivity contribution < 1.29 is 4.79 Å². The van der Waals surface area contributed by atoms with E-state index in [1.54, 1.807) is 0 Å². The molecule has 6 nitrogen and oxygen atoms in total. The monoisotopic (exact) mass is 375 g/mol. The number of hydrogen-bond acceptors (Lipinski definition) is 3. The van der Waals surface area contributed by atoms with Gasteiger partial charge in [0, 0.05) is 31.2 Å². The van der Waals surface area contributed by atoms with Crippen LogP contribution in [-0.4, -0.2) is 33.8 Å². The van der Waals surface area contributed by atoms with Gasteiger partial charge in [-0.1, -0.05) is 37.6 Å². The highest BCUT2D eigenvalue weighted by Gasteiger charge is 2.19. The van der Waals surface area contributed by atoms with E-state index in [1.807, 2.05) is 24.3 Å². The number of benzene rings is 1. The molecule has 0 saturated heterocycles. The average Bonchev–Trinajstić information content (AvgIpc) is 3.01. The number of nitrogens with one attached hydrogen (secondary N) is 2. The molecule has 2 amide bonds. The molecule has 1 aromatic carbocycles. The van der Waals surface area contributed by atoms with Crippen molar-refractivity contribution in [3.05, 3.63) is 52.3 Å². The van der Waals surface area contributed by atoms with Gasteiger partial charge in [0.25, 0.3) is 0 Å². The molecule has 0 radical (unpaired) electrons. The number of halogens is 1. The second-order valence-electron chi connectivity index (χ2n) is 7.14. The van der Waals surface area contributed by atoms with Crippen molar-refractivity contribution in [2.24, 2.45) is 5.92 Å². The highest BCUT2D eigenvalue weighted by Crippen LogP contribution is 2.15. The Balaban J connectivity index is 1.46. The van der Waals surface area contributed by atoms with Gasteiger partial charge in [-0.3, -0.25) is 9.58 Å². The molecule has 140 valence electrons. The number of aromatic nitrogens is 2. The molecule has 0 spiro atoms. The Morgan fingerprint density at radius 2 is 1.92 bits per heavy atom. The second-order valence-corrected chi connectivity index (χ2v) is 7.58. The maximum absolute atomic E-state index is 12.0. The molecule has 0 atom stereocenters. The van der Waals surface area contributed by atoms with Gasteiger partial charge < -0.3 is 10.6 Å². The molecule has 2 N–H and O–H groups in total. The van der Waals surface area contributed by atoms with Crippen LogP contribution < -0.4 is 10.6 Å². The average molecular weight is 376 g/mol. The molecule has 3 rings (SSSR count). The summed E-state index contributed by atoms with van der Waals surface area (Å²) in [5.41, 5.74) is 3.12. The van der Waals surface area contributed by atoms with Crippen molar-refractivity contribution in [3.63, 3.8) is 0 Å². The van der Waals surface area contributed by atoms with E-state index in [9.17, 15) is 4.79 Å². The van der Waals surface area contributed by atoms with E-state index in [0.29, 0.717) is 24.0 Å². The normalized spacial score (nSPS) is 14.3. The number of carbonyl (C=O) groups excluding carboxylic acids is 1. The van der Waals surface area contributed by atoms with Gasteiger partial charge >= 0.3 is 6.03 Å². The first-order chi connectivity index (χ1) is 12.5. The molecular weight excluding hydrogens is 350 g/mol. The van der Waals surface area contributed by atoms with Crippen LogP contribution in [0.25, 0.3) is 0 Å². The maximum atomic E-state index is 12.0. The van der Waals surface area contributed by atoms with Crippen LogP contribution >= 0.6 is 11.6 Å². The molecule has 1 aromatic heterocycles. The summed E-state index contributed by atoms with van der Waals surface area (Å²) in [4.78, 5) is 14.4. The molecule has 26 heavy (non-hydrogen) atoms. The number of hydrogen-bond donors (Lipinski definition) is 2. The van der Waals surface area contributed by atoms with Crippen molar-refractivity contribution in [2.75, 3.05) is 13.1 Å². The molecule has 1 aliphatic rings. The first-order valence-electron chi connectivity index (χ1n) is 9.03. The lowest BCUT2D eigenvalue weighted by Crippen LogP contribution is -2.36. The third-order valence-corrected chi connectivity index (χ3v) is 4.60. The fourth-order valence-corrected chi connectivity index (χ4v) is 3.28. The SMILES string of the molecule is CC(C)CN1CCn2nc(CNC(=O)NCc3ccc(Cl)cc3)cc2C1. The van der Waals surface area contributed by atoms with Gasteiger partial charge in [0.1, 0.15) is 0 Å². The minimum Gasteiger partial charge on any atom is -0.334 e. The number of fused-ring (bicyclic) bond motifs is 1. The second kappa shape index (κ2) is 8.56. The van der Waals surface area contributed by atoms with Crippen molar-refractivity contribution in [2.45, 2.75) is 40.0 Å². The van der Waals surface area contributed by atoms with Crippen LogP contribution in [-0.2, 0) is 26.2 Å². The van der Waals surface area contributed by atoms with E-state index in [-0.39, 0.29) is 6.03 Å². The fourth-order valence-electron chi connectivity index (χ4n) is 3.16. The van der Waals surface area contributed by atoms with E-state index >= 15 is 0 Å². The largest absolute Gasteiger partial charge is 0.334 e. The Kier molecular flexibility index (Phi) is 6.16.